The minimum absolute atomic E-state index is 0.177. The van der Waals surface area contributed by atoms with Crippen molar-refractivity contribution in [3.05, 3.63) is 35.6 Å². The first-order valence-electron chi connectivity index (χ1n) is 8.65. The van der Waals surface area contributed by atoms with Gasteiger partial charge >= 0.3 is 0 Å². The number of guanidine groups is 1. The monoisotopic (exact) mass is 320 g/mol. The largest absolute Gasteiger partial charge is 0.356 e. The molecular formula is C18H29FN4. The summed E-state index contributed by atoms with van der Waals surface area (Å²) in [7, 11) is 1.80. The third kappa shape index (κ3) is 6.18. The van der Waals surface area contributed by atoms with E-state index in [0.717, 1.165) is 50.4 Å². The van der Waals surface area contributed by atoms with Crippen LogP contribution in [0.1, 0.15) is 31.7 Å². The van der Waals surface area contributed by atoms with Gasteiger partial charge in [-0.3, -0.25) is 4.99 Å². The van der Waals surface area contributed by atoms with Crippen molar-refractivity contribution in [2.24, 2.45) is 4.99 Å². The fourth-order valence-corrected chi connectivity index (χ4v) is 3.02. The summed E-state index contributed by atoms with van der Waals surface area (Å²) >= 11 is 0. The highest BCUT2D eigenvalue weighted by Gasteiger charge is 2.19. The van der Waals surface area contributed by atoms with Gasteiger partial charge in [-0.05, 0) is 49.9 Å². The van der Waals surface area contributed by atoms with Gasteiger partial charge in [0.2, 0.25) is 0 Å². The lowest BCUT2D eigenvalue weighted by molar-refractivity contribution is 0.206. The standard InChI is InChI=1S/C18H29FN4/c1-3-11-23-12-8-17(9-13-23)22-18(20-2)21-10-7-15-5-4-6-16(19)14-15/h4-6,14,17H,3,7-13H2,1-2H3,(H2,20,21,22). The molecular weight excluding hydrogens is 291 g/mol. The third-order valence-electron chi connectivity index (χ3n) is 4.29. The Morgan fingerprint density at radius 3 is 2.78 bits per heavy atom. The topological polar surface area (TPSA) is 39.7 Å². The molecule has 0 atom stereocenters. The van der Waals surface area contributed by atoms with Crippen molar-refractivity contribution in [3.8, 4) is 0 Å². The first-order chi connectivity index (χ1) is 11.2. The highest BCUT2D eigenvalue weighted by molar-refractivity contribution is 5.79. The van der Waals surface area contributed by atoms with Gasteiger partial charge in [-0.25, -0.2) is 4.39 Å². The lowest BCUT2D eigenvalue weighted by atomic mass is 10.1. The van der Waals surface area contributed by atoms with Crippen LogP contribution in [-0.4, -0.2) is 50.1 Å². The van der Waals surface area contributed by atoms with Crippen LogP contribution < -0.4 is 10.6 Å². The Labute approximate surface area is 139 Å². The van der Waals surface area contributed by atoms with Crippen LogP contribution in [0.5, 0.6) is 0 Å². The molecule has 0 aliphatic carbocycles. The van der Waals surface area contributed by atoms with Crippen LogP contribution in [0.25, 0.3) is 0 Å². The minimum Gasteiger partial charge on any atom is -0.356 e. The SMILES string of the molecule is CCCN1CCC(NC(=NC)NCCc2cccc(F)c2)CC1. The van der Waals surface area contributed by atoms with Gasteiger partial charge in [-0.15, -0.1) is 0 Å². The predicted molar refractivity (Wildman–Crippen MR) is 94.4 cm³/mol. The number of benzene rings is 1. The molecule has 0 spiro atoms. The summed E-state index contributed by atoms with van der Waals surface area (Å²) in [6.07, 6.45) is 4.32. The van der Waals surface area contributed by atoms with Crippen LogP contribution in [0.15, 0.2) is 29.3 Å². The smallest absolute Gasteiger partial charge is 0.191 e. The number of halogens is 1. The number of nitrogens with zero attached hydrogens (tertiary/aromatic N) is 2. The second kappa shape index (κ2) is 9.50. The molecule has 1 saturated heterocycles. The molecule has 1 aromatic rings. The summed E-state index contributed by atoms with van der Waals surface area (Å²) in [6, 6.07) is 7.25. The molecule has 0 saturated carbocycles. The Bertz CT molecular complexity index is 496. The van der Waals surface area contributed by atoms with Crippen LogP contribution in [0.3, 0.4) is 0 Å². The summed E-state index contributed by atoms with van der Waals surface area (Å²) < 4.78 is 13.2. The van der Waals surface area contributed by atoms with Crippen molar-refractivity contribution in [1.82, 2.24) is 15.5 Å². The van der Waals surface area contributed by atoms with E-state index in [0.29, 0.717) is 6.04 Å². The number of hydrogen-bond donors (Lipinski definition) is 2. The van der Waals surface area contributed by atoms with Gasteiger partial charge in [-0.2, -0.15) is 0 Å². The molecule has 1 aromatic carbocycles. The molecule has 1 heterocycles. The predicted octanol–water partition coefficient (Wildman–Crippen LogP) is 2.41. The molecule has 4 nitrogen and oxygen atoms in total. The first kappa shape index (κ1) is 17.7. The van der Waals surface area contributed by atoms with E-state index < -0.39 is 0 Å². The van der Waals surface area contributed by atoms with Crippen molar-refractivity contribution >= 4 is 5.96 Å². The van der Waals surface area contributed by atoms with E-state index in [1.54, 1.807) is 19.2 Å². The fraction of sp³-hybridized carbons (Fsp3) is 0.611. The molecule has 1 aliphatic heterocycles. The third-order valence-corrected chi connectivity index (χ3v) is 4.29. The average molecular weight is 320 g/mol. The number of nitrogens with one attached hydrogen (secondary N) is 2. The van der Waals surface area contributed by atoms with Crippen LogP contribution in [0.2, 0.25) is 0 Å². The molecule has 128 valence electrons. The van der Waals surface area contributed by atoms with E-state index in [9.17, 15) is 4.39 Å². The lowest BCUT2D eigenvalue weighted by Crippen LogP contribution is -2.49. The Hall–Kier alpha value is -1.62. The second-order valence-corrected chi connectivity index (χ2v) is 6.14. The Kier molecular flexibility index (Phi) is 7.33. The maximum atomic E-state index is 13.2. The maximum absolute atomic E-state index is 13.2. The molecule has 0 bridgehead atoms. The highest BCUT2D eigenvalue weighted by atomic mass is 19.1. The van der Waals surface area contributed by atoms with Gasteiger partial charge in [-0.1, -0.05) is 19.1 Å². The molecule has 0 radical (unpaired) electrons. The van der Waals surface area contributed by atoms with Crippen LogP contribution in [0, 0.1) is 5.82 Å². The summed E-state index contributed by atoms with van der Waals surface area (Å²) in [4.78, 5) is 6.82. The zero-order valence-corrected chi connectivity index (χ0v) is 14.3. The van der Waals surface area contributed by atoms with Crippen molar-refractivity contribution in [2.75, 3.05) is 33.2 Å². The zero-order chi connectivity index (χ0) is 16.5. The van der Waals surface area contributed by atoms with Gasteiger partial charge < -0.3 is 15.5 Å². The molecule has 1 fully saturated rings. The summed E-state index contributed by atoms with van der Waals surface area (Å²) in [5, 5.41) is 6.83. The van der Waals surface area contributed by atoms with Gasteiger partial charge in [0.25, 0.3) is 0 Å². The van der Waals surface area contributed by atoms with E-state index in [-0.39, 0.29) is 5.82 Å². The van der Waals surface area contributed by atoms with E-state index >= 15 is 0 Å². The van der Waals surface area contributed by atoms with Crippen molar-refractivity contribution in [1.29, 1.82) is 0 Å². The molecule has 2 rings (SSSR count). The van der Waals surface area contributed by atoms with Crippen molar-refractivity contribution in [2.45, 2.75) is 38.6 Å². The number of aliphatic imine (C=N–C) groups is 1. The number of likely N-dealkylation sites (tertiary alicyclic amines) is 1. The van der Waals surface area contributed by atoms with Crippen molar-refractivity contribution in [3.63, 3.8) is 0 Å². The molecule has 0 unspecified atom stereocenters. The molecule has 23 heavy (non-hydrogen) atoms. The quantitative estimate of drug-likeness (QED) is 0.624. The van der Waals surface area contributed by atoms with Crippen LogP contribution >= 0.6 is 0 Å². The van der Waals surface area contributed by atoms with Crippen LogP contribution in [-0.2, 0) is 6.42 Å². The van der Waals surface area contributed by atoms with E-state index in [4.69, 9.17) is 0 Å². The average Bonchev–Trinajstić information content (AvgIpc) is 2.56. The minimum atomic E-state index is -0.177. The lowest BCUT2D eigenvalue weighted by Gasteiger charge is -2.32. The molecule has 1 aliphatic rings. The number of piperidine rings is 1. The van der Waals surface area contributed by atoms with E-state index in [2.05, 4.69) is 27.4 Å². The zero-order valence-electron chi connectivity index (χ0n) is 14.3. The summed E-state index contributed by atoms with van der Waals surface area (Å²) in [5.41, 5.74) is 1.00. The van der Waals surface area contributed by atoms with Gasteiger partial charge in [0.05, 0.1) is 0 Å². The first-order valence-corrected chi connectivity index (χ1v) is 8.65. The Balaban J connectivity index is 1.70. The molecule has 5 heteroatoms. The molecule has 2 N–H and O–H groups in total. The number of hydrogen-bond acceptors (Lipinski definition) is 2. The Morgan fingerprint density at radius 1 is 1.35 bits per heavy atom. The van der Waals surface area contributed by atoms with Crippen LogP contribution in [0.4, 0.5) is 4.39 Å². The molecule has 0 amide bonds. The van der Waals surface area contributed by atoms with Gasteiger partial charge in [0, 0.05) is 32.7 Å². The fourth-order valence-electron chi connectivity index (χ4n) is 3.02. The highest BCUT2D eigenvalue weighted by Crippen LogP contribution is 2.10. The number of rotatable bonds is 6. The van der Waals surface area contributed by atoms with E-state index in [1.807, 2.05) is 6.07 Å². The van der Waals surface area contributed by atoms with Gasteiger partial charge in [0.15, 0.2) is 5.96 Å². The molecule has 0 aromatic heterocycles. The normalized spacial score (nSPS) is 17.3. The Morgan fingerprint density at radius 2 is 2.13 bits per heavy atom. The summed E-state index contributed by atoms with van der Waals surface area (Å²) in [5.74, 6) is 0.666. The maximum Gasteiger partial charge on any atom is 0.191 e. The van der Waals surface area contributed by atoms with E-state index in [1.165, 1.54) is 19.0 Å². The second-order valence-electron chi connectivity index (χ2n) is 6.14. The van der Waals surface area contributed by atoms with Crippen molar-refractivity contribution < 1.29 is 4.39 Å². The summed E-state index contributed by atoms with van der Waals surface area (Å²) in [6.45, 7) is 6.50. The van der Waals surface area contributed by atoms with Gasteiger partial charge in [0.1, 0.15) is 5.82 Å².